The molecule has 1 rings (SSSR count). The van der Waals surface area contributed by atoms with Gasteiger partial charge in [-0.25, -0.2) is 0 Å². The second kappa shape index (κ2) is 3.95. The molecule has 0 unspecified atom stereocenters. The van der Waals surface area contributed by atoms with Crippen LogP contribution in [0, 0.1) is 0 Å². The molecule has 1 aliphatic rings. The molecule has 1 aliphatic heterocycles. The molecule has 0 N–H and O–H groups in total. The Morgan fingerprint density at radius 1 is 1.38 bits per heavy atom. The van der Waals surface area contributed by atoms with Gasteiger partial charge in [0.2, 0.25) is 0 Å². The van der Waals surface area contributed by atoms with E-state index in [1.54, 1.807) is 0 Å². The van der Waals surface area contributed by atoms with Gasteiger partial charge in [0.15, 0.2) is 0 Å². The minimum Gasteiger partial charge on any atom is -0.377 e. The average molecular weight is 186 g/mol. The molecular weight excluding hydrogens is 164 g/mol. The second-order valence-corrected chi connectivity index (χ2v) is 4.65. The van der Waals surface area contributed by atoms with Crippen molar-refractivity contribution in [3.63, 3.8) is 0 Å². The van der Waals surface area contributed by atoms with Gasteiger partial charge in [0.25, 0.3) is 0 Å². The summed E-state index contributed by atoms with van der Waals surface area (Å²) in [6.45, 7) is 7.26. The molecular formula is C10H22N2O. The first-order valence-corrected chi connectivity index (χ1v) is 4.94. The number of hydrogen-bond donors (Lipinski definition) is 0. The maximum absolute atomic E-state index is 5.69. The van der Waals surface area contributed by atoms with E-state index in [9.17, 15) is 0 Å². The summed E-state index contributed by atoms with van der Waals surface area (Å²) in [5, 5.41) is 0. The fourth-order valence-corrected chi connectivity index (χ4v) is 1.78. The summed E-state index contributed by atoms with van der Waals surface area (Å²) >= 11 is 0. The highest BCUT2D eigenvalue weighted by atomic mass is 16.5. The number of ether oxygens (including phenoxy) is 1. The van der Waals surface area contributed by atoms with Gasteiger partial charge >= 0.3 is 0 Å². The van der Waals surface area contributed by atoms with Crippen LogP contribution in [0.1, 0.15) is 13.8 Å². The first-order valence-electron chi connectivity index (χ1n) is 4.94. The van der Waals surface area contributed by atoms with Crippen molar-refractivity contribution in [3.05, 3.63) is 0 Å². The van der Waals surface area contributed by atoms with Gasteiger partial charge in [-0.3, -0.25) is 4.90 Å². The Morgan fingerprint density at radius 3 is 2.23 bits per heavy atom. The lowest BCUT2D eigenvalue weighted by atomic mass is 9.90. The van der Waals surface area contributed by atoms with E-state index < -0.39 is 0 Å². The van der Waals surface area contributed by atoms with Gasteiger partial charge in [-0.1, -0.05) is 0 Å². The lowest BCUT2D eigenvalue weighted by Gasteiger charge is -2.52. The van der Waals surface area contributed by atoms with Crippen LogP contribution < -0.4 is 0 Å². The molecule has 0 aliphatic carbocycles. The van der Waals surface area contributed by atoms with Crippen LogP contribution in [-0.4, -0.2) is 62.3 Å². The lowest BCUT2D eigenvalue weighted by molar-refractivity contribution is -0.0860. The smallest absolute Gasteiger partial charge is 0.0694 e. The van der Waals surface area contributed by atoms with Gasteiger partial charge in [-0.2, -0.15) is 0 Å². The monoisotopic (exact) mass is 186 g/mol. The van der Waals surface area contributed by atoms with Crippen molar-refractivity contribution >= 4 is 0 Å². The van der Waals surface area contributed by atoms with Crippen molar-refractivity contribution in [2.75, 3.05) is 40.8 Å². The molecule has 1 saturated heterocycles. The van der Waals surface area contributed by atoms with E-state index in [1.807, 2.05) is 0 Å². The summed E-state index contributed by atoms with van der Waals surface area (Å²) in [7, 11) is 6.42. The summed E-state index contributed by atoms with van der Waals surface area (Å²) in [5.74, 6) is 0. The molecule has 0 aromatic heterocycles. The Kier molecular flexibility index (Phi) is 3.33. The summed E-state index contributed by atoms with van der Waals surface area (Å²) < 4.78 is 5.69. The molecule has 0 atom stereocenters. The molecule has 0 aromatic rings. The Bertz CT molecular complexity index is 162. The highest BCUT2D eigenvalue weighted by Crippen LogP contribution is 2.25. The molecule has 0 spiro atoms. The van der Waals surface area contributed by atoms with E-state index in [0.717, 1.165) is 19.7 Å². The minimum atomic E-state index is 0.263. The number of rotatable bonds is 4. The minimum absolute atomic E-state index is 0.263. The molecule has 78 valence electrons. The van der Waals surface area contributed by atoms with Gasteiger partial charge < -0.3 is 9.64 Å². The Balaban J connectivity index is 2.41. The third-order valence-corrected chi connectivity index (χ3v) is 2.76. The van der Waals surface area contributed by atoms with Crippen LogP contribution in [0.3, 0.4) is 0 Å². The quantitative estimate of drug-likeness (QED) is 0.641. The van der Waals surface area contributed by atoms with Gasteiger partial charge in [0.1, 0.15) is 0 Å². The molecule has 0 amide bonds. The SMILES string of the molecule is CC(C)OCC1(N(C)C)CN(C)C1. The molecule has 0 aromatic carbocycles. The molecule has 3 heteroatoms. The zero-order valence-electron chi connectivity index (χ0n) is 9.50. The Labute approximate surface area is 81.7 Å². The van der Waals surface area contributed by atoms with Crippen molar-refractivity contribution in [1.82, 2.24) is 9.80 Å². The standard InChI is InChI=1S/C10H22N2O/c1-9(2)13-8-10(11(3)4)6-12(5)7-10/h9H,6-8H2,1-5H3. The van der Waals surface area contributed by atoms with Gasteiger partial charge in [-0.15, -0.1) is 0 Å². The van der Waals surface area contributed by atoms with Gasteiger partial charge in [0, 0.05) is 13.1 Å². The van der Waals surface area contributed by atoms with Crippen molar-refractivity contribution in [2.45, 2.75) is 25.5 Å². The number of likely N-dealkylation sites (tertiary alicyclic amines) is 1. The predicted octanol–water partition coefficient (Wildman–Crippen LogP) is 0.657. The molecule has 0 radical (unpaired) electrons. The molecule has 3 nitrogen and oxygen atoms in total. The lowest BCUT2D eigenvalue weighted by Crippen LogP contribution is -2.69. The fraction of sp³-hybridized carbons (Fsp3) is 1.00. The van der Waals surface area contributed by atoms with Crippen LogP contribution in [0.4, 0.5) is 0 Å². The molecule has 0 bridgehead atoms. The van der Waals surface area contributed by atoms with Crippen molar-refractivity contribution < 1.29 is 4.74 Å². The normalized spacial score (nSPS) is 22.4. The van der Waals surface area contributed by atoms with E-state index in [-0.39, 0.29) is 5.54 Å². The van der Waals surface area contributed by atoms with Gasteiger partial charge in [-0.05, 0) is 35.0 Å². The molecule has 1 fully saturated rings. The summed E-state index contributed by atoms with van der Waals surface area (Å²) in [6.07, 6.45) is 0.336. The Morgan fingerprint density at radius 2 is 1.92 bits per heavy atom. The third kappa shape index (κ3) is 2.42. The van der Waals surface area contributed by atoms with Crippen LogP contribution in [0.5, 0.6) is 0 Å². The molecule has 0 saturated carbocycles. The zero-order chi connectivity index (χ0) is 10.1. The summed E-state index contributed by atoms with van der Waals surface area (Å²) in [6, 6.07) is 0. The van der Waals surface area contributed by atoms with E-state index in [0.29, 0.717) is 6.10 Å². The number of hydrogen-bond acceptors (Lipinski definition) is 3. The van der Waals surface area contributed by atoms with E-state index >= 15 is 0 Å². The highest BCUT2D eigenvalue weighted by Gasteiger charge is 2.43. The largest absolute Gasteiger partial charge is 0.377 e. The maximum Gasteiger partial charge on any atom is 0.0694 e. The van der Waals surface area contributed by atoms with Crippen LogP contribution in [0.15, 0.2) is 0 Å². The third-order valence-electron chi connectivity index (χ3n) is 2.76. The van der Waals surface area contributed by atoms with E-state index in [4.69, 9.17) is 4.74 Å². The highest BCUT2D eigenvalue weighted by molar-refractivity contribution is 5.01. The summed E-state index contributed by atoms with van der Waals surface area (Å²) in [5.41, 5.74) is 0.263. The van der Waals surface area contributed by atoms with E-state index in [1.165, 1.54) is 0 Å². The maximum atomic E-state index is 5.69. The topological polar surface area (TPSA) is 15.7 Å². The second-order valence-electron chi connectivity index (χ2n) is 4.65. The van der Waals surface area contributed by atoms with Crippen molar-refractivity contribution in [3.8, 4) is 0 Å². The van der Waals surface area contributed by atoms with Crippen molar-refractivity contribution in [2.24, 2.45) is 0 Å². The van der Waals surface area contributed by atoms with Crippen LogP contribution in [0.25, 0.3) is 0 Å². The molecule has 13 heavy (non-hydrogen) atoms. The van der Waals surface area contributed by atoms with Crippen LogP contribution in [0.2, 0.25) is 0 Å². The Hall–Kier alpha value is -0.120. The first kappa shape index (κ1) is 11.0. The van der Waals surface area contributed by atoms with Crippen LogP contribution in [-0.2, 0) is 4.74 Å². The van der Waals surface area contributed by atoms with E-state index in [2.05, 4.69) is 44.8 Å². The summed E-state index contributed by atoms with van der Waals surface area (Å²) in [4.78, 5) is 4.61. The first-order chi connectivity index (χ1) is 5.96. The van der Waals surface area contributed by atoms with Gasteiger partial charge in [0.05, 0.1) is 18.2 Å². The number of nitrogens with zero attached hydrogens (tertiary/aromatic N) is 2. The zero-order valence-corrected chi connectivity index (χ0v) is 9.50. The van der Waals surface area contributed by atoms with Crippen LogP contribution >= 0.6 is 0 Å². The van der Waals surface area contributed by atoms with Crippen molar-refractivity contribution in [1.29, 1.82) is 0 Å². The molecule has 1 heterocycles. The number of likely N-dealkylation sites (N-methyl/N-ethyl adjacent to an activating group) is 2. The predicted molar refractivity (Wildman–Crippen MR) is 55.0 cm³/mol. The average Bonchev–Trinajstić information content (AvgIpc) is 1.94. The fourth-order valence-electron chi connectivity index (χ4n) is 1.78.